The molecule has 0 atom stereocenters. The zero-order valence-corrected chi connectivity index (χ0v) is 11.1. The lowest BCUT2D eigenvalue weighted by atomic mass is 10.1. The molecular formula is C12H12F3NO2S. The summed E-state index contributed by atoms with van der Waals surface area (Å²) in [4.78, 5) is -0.481. The van der Waals surface area contributed by atoms with E-state index in [1.165, 1.54) is 13.8 Å². The molecule has 1 N–H and O–H groups in total. The van der Waals surface area contributed by atoms with E-state index in [-0.39, 0.29) is 0 Å². The van der Waals surface area contributed by atoms with Crippen LogP contribution in [0.2, 0.25) is 0 Å². The lowest BCUT2D eigenvalue weighted by Crippen LogP contribution is -2.42. The first-order valence-corrected chi connectivity index (χ1v) is 6.65. The number of terminal acetylenes is 1. The molecule has 0 aromatic heterocycles. The highest BCUT2D eigenvalue weighted by molar-refractivity contribution is 7.89. The van der Waals surface area contributed by atoms with Gasteiger partial charge in [-0.15, -0.1) is 6.42 Å². The van der Waals surface area contributed by atoms with Crippen LogP contribution in [0.3, 0.4) is 0 Å². The maximum atomic E-state index is 12.5. The van der Waals surface area contributed by atoms with Crippen molar-refractivity contribution in [1.82, 2.24) is 4.72 Å². The summed E-state index contributed by atoms with van der Waals surface area (Å²) in [5.41, 5.74) is -2.22. The van der Waals surface area contributed by atoms with E-state index >= 15 is 0 Å². The van der Waals surface area contributed by atoms with Crippen molar-refractivity contribution in [2.75, 3.05) is 0 Å². The molecule has 7 heteroatoms. The Kier molecular flexibility index (Phi) is 3.98. The van der Waals surface area contributed by atoms with Crippen LogP contribution in [0.4, 0.5) is 13.2 Å². The Morgan fingerprint density at radius 2 is 1.84 bits per heavy atom. The van der Waals surface area contributed by atoms with Crippen molar-refractivity contribution >= 4 is 10.0 Å². The predicted octanol–water partition coefficient (Wildman–Crippen LogP) is 2.40. The van der Waals surface area contributed by atoms with E-state index in [4.69, 9.17) is 6.42 Å². The second-order valence-corrected chi connectivity index (χ2v) is 6.08. The molecule has 0 radical (unpaired) electrons. The highest BCUT2D eigenvalue weighted by Crippen LogP contribution is 2.30. The number of rotatable bonds is 3. The van der Waals surface area contributed by atoms with Gasteiger partial charge >= 0.3 is 6.18 Å². The molecule has 104 valence electrons. The molecule has 0 aliphatic carbocycles. The van der Waals surface area contributed by atoms with Gasteiger partial charge in [0.05, 0.1) is 16.0 Å². The van der Waals surface area contributed by atoms with Crippen LogP contribution in [0, 0.1) is 12.3 Å². The Morgan fingerprint density at radius 1 is 1.26 bits per heavy atom. The summed E-state index contributed by atoms with van der Waals surface area (Å²) >= 11 is 0. The third kappa shape index (κ3) is 3.98. The molecule has 0 spiro atoms. The van der Waals surface area contributed by atoms with Crippen LogP contribution in [0.1, 0.15) is 19.4 Å². The number of sulfonamides is 1. The van der Waals surface area contributed by atoms with Crippen LogP contribution in [0.25, 0.3) is 0 Å². The topological polar surface area (TPSA) is 46.2 Å². The van der Waals surface area contributed by atoms with Crippen LogP contribution in [0.5, 0.6) is 0 Å². The Labute approximate surface area is 109 Å². The van der Waals surface area contributed by atoms with Crippen molar-refractivity contribution in [3.63, 3.8) is 0 Å². The molecule has 0 aliphatic heterocycles. The summed E-state index contributed by atoms with van der Waals surface area (Å²) in [6.07, 6.45) is 0.530. The monoisotopic (exact) mass is 291 g/mol. The summed E-state index contributed by atoms with van der Waals surface area (Å²) in [5.74, 6) is 2.20. The lowest BCUT2D eigenvalue weighted by molar-refractivity contribution is -0.137. The smallest absolute Gasteiger partial charge is 0.207 e. The number of halogens is 3. The average molecular weight is 291 g/mol. The minimum atomic E-state index is -4.60. The van der Waals surface area contributed by atoms with Crippen LogP contribution in [-0.4, -0.2) is 14.0 Å². The van der Waals surface area contributed by atoms with Crippen LogP contribution in [-0.2, 0) is 16.2 Å². The quantitative estimate of drug-likeness (QED) is 0.869. The molecule has 1 rings (SSSR count). The van der Waals surface area contributed by atoms with E-state index in [1.54, 1.807) is 0 Å². The standard InChI is InChI=1S/C12H12F3NO2S/c1-4-11(2,3)16-19(17,18)10-7-5-6-9(8-10)12(13,14)15/h1,5-8,16H,2-3H3. The van der Waals surface area contributed by atoms with Gasteiger partial charge in [0.15, 0.2) is 0 Å². The second kappa shape index (κ2) is 4.87. The van der Waals surface area contributed by atoms with Crippen molar-refractivity contribution in [3.8, 4) is 12.3 Å². The Bertz CT molecular complexity index is 613. The van der Waals surface area contributed by atoms with E-state index in [0.717, 1.165) is 18.2 Å². The number of alkyl halides is 3. The molecule has 0 saturated carbocycles. The fraction of sp³-hybridized carbons (Fsp3) is 0.333. The highest BCUT2D eigenvalue weighted by Gasteiger charge is 2.32. The number of hydrogen-bond acceptors (Lipinski definition) is 2. The number of hydrogen-bond donors (Lipinski definition) is 1. The van der Waals surface area contributed by atoms with Crippen molar-refractivity contribution in [1.29, 1.82) is 0 Å². The normalized spacial score (nSPS) is 13.1. The molecule has 0 heterocycles. The van der Waals surface area contributed by atoms with Gasteiger partial charge < -0.3 is 0 Å². The van der Waals surface area contributed by atoms with E-state index in [1.807, 2.05) is 0 Å². The third-order valence-corrected chi connectivity index (χ3v) is 3.88. The van der Waals surface area contributed by atoms with E-state index in [9.17, 15) is 21.6 Å². The summed E-state index contributed by atoms with van der Waals surface area (Å²) in [6.45, 7) is 2.86. The molecule has 0 fully saturated rings. The van der Waals surface area contributed by atoms with Crippen molar-refractivity contribution in [2.24, 2.45) is 0 Å². The van der Waals surface area contributed by atoms with Crippen LogP contribution >= 0.6 is 0 Å². The molecule has 0 amide bonds. The Balaban J connectivity index is 3.21. The molecule has 19 heavy (non-hydrogen) atoms. The molecular weight excluding hydrogens is 279 g/mol. The minimum Gasteiger partial charge on any atom is -0.207 e. The van der Waals surface area contributed by atoms with Gasteiger partial charge in [0, 0.05) is 0 Å². The first-order chi connectivity index (χ1) is 8.48. The van der Waals surface area contributed by atoms with Crippen LogP contribution < -0.4 is 4.72 Å². The summed E-state index contributed by atoms with van der Waals surface area (Å²) in [6, 6.07) is 3.46. The van der Waals surface area contributed by atoms with Gasteiger partial charge in [0.1, 0.15) is 0 Å². The number of benzene rings is 1. The van der Waals surface area contributed by atoms with Gasteiger partial charge in [0.2, 0.25) is 10.0 Å². The first-order valence-electron chi connectivity index (χ1n) is 5.17. The van der Waals surface area contributed by atoms with Gasteiger partial charge in [-0.2, -0.15) is 17.9 Å². The summed E-state index contributed by atoms with van der Waals surface area (Å²) in [7, 11) is -4.11. The summed E-state index contributed by atoms with van der Waals surface area (Å²) < 4.78 is 63.5. The molecule has 0 unspecified atom stereocenters. The van der Waals surface area contributed by atoms with Gasteiger partial charge in [-0.3, -0.25) is 0 Å². The van der Waals surface area contributed by atoms with Crippen molar-refractivity contribution in [3.05, 3.63) is 29.8 Å². The maximum absolute atomic E-state index is 12.5. The van der Waals surface area contributed by atoms with E-state index < -0.39 is 32.2 Å². The molecule has 0 bridgehead atoms. The SMILES string of the molecule is C#CC(C)(C)NS(=O)(=O)c1cccc(C(F)(F)F)c1. The van der Waals surface area contributed by atoms with Gasteiger partial charge in [0.25, 0.3) is 0 Å². The van der Waals surface area contributed by atoms with Gasteiger partial charge in [-0.25, -0.2) is 8.42 Å². The molecule has 0 aliphatic rings. The fourth-order valence-corrected chi connectivity index (χ4v) is 2.65. The molecule has 0 saturated heterocycles. The molecule has 3 nitrogen and oxygen atoms in total. The van der Waals surface area contributed by atoms with Crippen molar-refractivity contribution in [2.45, 2.75) is 30.5 Å². The largest absolute Gasteiger partial charge is 0.416 e. The zero-order valence-electron chi connectivity index (χ0n) is 10.2. The van der Waals surface area contributed by atoms with E-state index in [2.05, 4.69) is 10.6 Å². The first kappa shape index (κ1) is 15.5. The highest BCUT2D eigenvalue weighted by atomic mass is 32.2. The Morgan fingerprint density at radius 3 is 2.32 bits per heavy atom. The average Bonchev–Trinajstić information content (AvgIpc) is 2.27. The van der Waals surface area contributed by atoms with E-state index in [0.29, 0.717) is 6.07 Å². The fourth-order valence-electron chi connectivity index (χ4n) is 1.26. The molecule has 1 aromatic rings. The zero-order chi connectivity index (χ0) is 14.9. The summed E-state index contributed by atoms with van der Waals surface area (Å²) in [5, 5.41) is 0. The number of nitrogens with one attached hydrogen (secondary N) is 1. The second-order valence-electron chi connectivity index (χ2n) is 4.40. The predicted molar refractivity (Wildman–Crippen MR) is 64.7 cm³/mol. The minimum absolute atomic E-state index is 0.481. The Hall–Kier alpha value is -1.52. The van der Waals surface area contributed by atoms with Crippen LogP contribution in [0.15, 0.2) is 29.2 Å². The van der Waals surface area contributed by atoms with Gasteiger partial charge in [-0.1, -0.05) is 12.0 Å². The van der Waals surface area contributed by atoms with Gasteiger partial charge in [-0.05, 0) is 32.0 Å². The maximum Gasteiger partial charge on any atom is 0.416 e. The molecule has 1 aromatic carbocycles. The van der Waals surface area contributed by atoms with Crippen molar-refractivity contribution < 1.29 is 21.6 Å². The third-order valence-electron chi connectivity index (χ3n) is 2.22. The lowest BCUT2D eigenvalue weighted by Gasteiger charge is -2.19.